The number of pyridine rings is 1. The molecular weight excluding hydrogens is 484 g/mol. The summed E-state index contributed by atoms with van der Waals surface area (Å²) in [6.07, 6.45) is 1.47. The first-order valence-corrected chi connectivity index (χ1v) is 10.5. The van der Waals surface area contributed by atoms with Crippen molar-refractivity contribution in [2.24, 2.45) is 0 Å². The molecule has 0 radical (unpaired) electrons. The molecule has 5 rings (SSSR count). The number of nitrogens with zero attached hydrogens (tertiary/aromatic N) is 4. The Morgan fingerprint density at radius 2 is 1.83 bits per heavy atom. The number of anilines is 1. The second-order valence-electron chi connectivity index (χ2n) is 7.34. The molecule has 0 amide bonds. The summed E-state index contributed by atoms with van der Waals surface area (Å²) in [6, 6.07) is 11.3. The smallest absolute Gasteiger partial charge is 0.280 e. The molecule has 0 saturated carbocycles. The lowest BCUT2D eigenvalue weighted by Gasteiger charge is -2.34. The van der Waals surface area contributed by atoms with E-state index in [-0.39, 0.29) is 16.9 Å². The number of benzene rings is 2. The van der Waals surface area contributed by atoms with Gasteiger partial charge in [-0.25, -0.2) is 9.07 Å². The van der Waals surface area contributed by atoms with E-state index in [9.17, 15) is 4.79 Å². The first kappa shape index (κ1) is 18.6. The van der Waals surface area contributed by atoms with Crippen LogP contribution in [-0.4, -0.2) is 52.9 Å². The fraction of sp³-hybridized carbons (Fsp3) is 0.238. The molecule has 148 valence electrons. The van der Waals surface area contributed by atoms with Crippen LogP contribution in [0.3, 0.4) is 0 Å². The van der Waals surface area contributed by atoms with Gasteiger partial charge in [-0.1, -0.05) is 18.2 Å². The molecule has 29 heavy (non-hydrogen) atoms. The van der Waals surface area contributed by atoms with Crippen LogP contribution in [0.15, 0.2) is 47.4 Å². The average Bonchev–Trinajstić information content (AvgIpc) is 3.07. The van der Waals surface area contributed by atoms with Gasteiger partial charge in [-0.2, -0.15) is 0 Å². The lowest BCUT2D eigenvalue weighted by Crippen LogP contribution is -2.45. The molecule has 1 fully saturated rings. The van der Waals surface area contributed by atoms with Crippen LogP contribution in [0.4, 0.5) is 10.1 Å². The van der Waals surface area contributed by atoms with Crippen molar-refractivity contribution in [2.45, 2.75) is 0 Å². The molecule has 1 N–H and O–H groups in total. The predicted octanol–water partition coefficient (Wildman–Crippen LogP) is 3.36. The van der Waals surface area contributed by atoms with E-state index in [1.165, 1.54) is 10.9 Å². The zero-order valence-electron chi connectivity index (χ0n) is 15.8. The van der Waals surface area contributed by atoms with Gasteiger partial charge in [-0.05, 0) is 47.8 Å². The van der Waals surface area contributed by atoms with Crippen LogP contribution in [0.5, 0.6) is 0 Å². The highest BCUT2D eigenvalue weighted by Crippen LogP contribution is 2.34. The molecule has 0 spiro atoms. The number of nitrogens with one attached hydrogen (secondary N) is 1. The minimum atomic E-state index is -0.327. The highest BCUT2D eigenvalue weighted by molar-refractivity contribution is 14.1. The molecule has 0 aliphatic carbocycles. The van der Waals surface area contributed by atoms with E-state index in [0.29, 0.717) is 22.0 Å². The predicted molar refractivity (Wildman–Crippen MR) is 122 cm³/mol. The molecule has 2 aromatic carbocycles. The van der Waals surface area contributed by atoms with E-state index in [0.717, 1.165) is 35.4 Å². The van der Waals surface area contributed by atoms with Gasteiger partial charge in [0.25, 0.3) is 5.56 Å². The Balaban J connectivity index is 1.71. The standard InChI is InChI=1S/C21H19FIN5O/c1-26-7-9-27(10-8-26)20-16(23)11-14-18-15(12-24-19(14)17(20)22)21(29)28(25-18)13-5-3-2-4-6-13/h2-6,11-12,25H,7-10H2,1H3. The van der Waals surface area contributed by atoms with Crippen LogP contribution < -0.4 is 10.5 Å². The molecule has 4 aromatic rings. The Kier molecular flexibility index (Phi) is 4.54. The number of halogens is 2. The highest BCUT2D eigenvalue weighted by Gasteiger charge is 2.24. The monoisotopic (exact) mass is 503 g/mol. The number of aromatic nitrogens is 3. The summed E-state index contributed by atoms with van der Waals surface area (Å²) in [5, 5.41) is 4.22. The molecule has 2 aromatic heterocycles. The third-order valence-corrected chi connectivity index (χ3v) is 6.34. The van der Waals surface area contributed by atoms with Crippen molar-refractivity contribution in [3.63, 3.8) is 0 Å². The summed E-state index contributed by atoms with van der Waals surface area (Å²) < 4.78 is 17.8. The van der Waals surface area contributed by atoms with Crippen LogP contribution in [0.2, 0.25) is 0 Å². The van der Waals surface area contributed by atoms with E-state index in [1.807, 2.05) is 36.4 Å². The van der Waals surface area contributed by atoms with Gasteiger partial charge < -0.3 is 9.80 Å². The fourth-order valence-corrected chi connectivity index (χ4v) is 4.79. The quantitative estimate of drug-likeness (QED) is 0.427. The number of aromatic amines is 1. The van der Waals surface area contributed by atoms with E-state index in [1.54, 1.807) is 0 Å². The Hall–Kier alpha value is -2.46. The zero-order valence-corrected chi connectivity index (χ0v) is 18.0. The van der Waals surface area contributed by atoms with Crippen molar-refractivity contribution in [3.8, 4) is 5.69 Å². The summed E-state index contributed by atoms with van der Waals surface area (Å²) in [4.78, 5) is 21.5. The van der Waals surface area contributed by atoms with Gasteiger partial charge in [0.05, 0.1) is 22.3 Å². The van der Waals surface area contributed by atoms with E-state index in [4.69, 9.17) is 0 Å². The number of para-hydroxylation sites is 1. The molecule has 1 aliphatic heterocycles. The van der Waals surface area contributed by atoms with Crippen LogP contribution in [-0.2, 0) is 0 Å². The maximum atomic E-state index is 15.5. The fourth-order valence-electron chi connectivity index (χ4n) is 3.90. The number of piperazine rings is 1. The largest absolute Gasteiger partial charge is 0.366 e. The zero-order chi connectivity index (χ0) is 20.1. The van der Waals surface area contributed by atoms with Gasteiger partial charge in [-0.15, -0.1) is 0 Å². The van der Waals surface area contributed by atoms with Gasteiger partial charge in [0.1, 0.15) is 5.52 Å². The summed E-state index contributed by atoms with van der Waals surface area (Å²) >= 11 is 2.18. The van der Waals surface area contributed by atoms with Crippen LogP contribution in [0, 0.1) is 9.39 Å². The van der Waals surface area contributed by atoms with Crippen molar-refractivity contribution < 1.29 is 4.39 Å². The first-order chi connectivity index (χ1) is 14.0. The van der Waals surface area contributed by atoms with Gasteiger partial charge in [0.15, 0.2) is 5.82 Å². The van der Waals surface area contributed by atoms with Crippen LogP contribution >= 0.6 is 22.6 Å². The molecule has 1 saturated heterocycles. The van der Waals surface area contributed by atoms with Crippen molar-refractivity contribution >= 4 is 50.1 Å². The third-order valence-electron chi connectivity index (χ3n) is 5.52. The van der Waals surface area contributed by atoms with Crippen LogP contribution in [0.25, 0.3) is 27.5 Å². The summed E-state index contributed by atoms with van der Waals surface area (Å²) in [5.74, 6) is -0.327. The van der Waals surface area contributed by atoms with E-state index < -0.39 is 0 Å². The molecule has 0 unspecified atom stereocenters. The van der Waals surface area contributed by atoms with E-state index >= 15 is 4.39 Å². The summed E-state index contributed by atoms with van der Waals surface area (Å²) in [7, 11) is 2.07. The van der Waals surface area contributed by atoms with Gasteiger partial charge >= 0.3 is 0 Å². The molecule has 1 aliphatic rings. The minimum absolute atomic E-state index is 0.195. The van der Waals surface area contributed by atoms with Gasteiger partial charge in [0.2, 0.25) is 0 Å². The topological polar surface area (TPSA) is 57.2 Å². The lowest BCUT2D eigenvalue weighted by molar-refractivity contribution is 0.311. The SMILES string of the molecule is CN1CCN(c2c(I)cc3c(ncc4c(=O)n(-c5ccccc5)[nH]c43)c2F)CC1. The maximum Gasteiger partial charge on any atom is 0.280 e. The van der Waals surface area contributed by atoms with Crippen molar-refractivity contribution in [1.82, 2.24) is 19.7 Å². The number of hydrogen-bond donors (Lipinski definition) is 1. The first-order valence-electron chi connectivity index (χ1n) is 9.45. The number of rotatable bonds is 2. The summed E-state index contributed by atoms with van der Waals surface area (Å²) in [6.45, 7) is 3.34. The third kappa shape index (κ3) is 3.01. The Morgan fingerprint density at radius 3 is 2.55 bits per heavy atom. The molecule has 0 bridgehead atoms. The number of fused-ring (bicyclic) bond motifs is 3. The Labute approximate surface area is 180 Å². The Morgan fingerprint density at radius 1 is 1.10 bits per heavy atom. The molecule has 6 nitrogen and oxygen atoms in total. The summed E-state index contributed by atoms with van der Waals surface area (Å²) in [5.41, 5.74) is 2.02. The number of hydrogen-bond acceptors (Lipinski definition) is 4. The van der Waals surface area contributed by atoms with Crippen LogP contribution in [0.1, 0.15) is 0 Å². The Bertz CT molecular complexity index is 1280. The van der Waals surface area contributed by atoms with E-state index in [2.05, 4.69) is 49.5 Å². The van der Waals surface area contributed by atoms with Crippen molar-refractivity contribution in [1.29, 1.82) is 0 Å². The highest BCUT2D eigenvalue weighted by atomic mass is 127. The average molecular weight is 503 g/mol. The second kappa shape index (κ2) is 7.10. The molecule has 8 heteroatoms. The number of likely N-dealkylation sites (N-methyl/N-ethyl adjacent to an activating group) is 1. The number of H-pyrrole nitrogens is 1. The molecular formula is C21H19FIN5O. The lowest BCUT2D eigenvalue weighted by atomic mass is 10.1. The second-order valence-corrected chi connectivity index (χ2v) is 8.50. The van der Waals surface area contributed by atoms with Crippen molar-refractivity contribution in [2.75, 3.05) is 38.1 Å². The maximum absolute atomic E-state index is 15.5. The van der Waals surface area contributed by atoms with Crippen molar-refractivity contribution in [3.05, 3.63) is 62.3 Å². The molecule has 0 atom stereocenters. The van der Waals surface area contributed by atoms with Gasteiger partial charge in [-0.3, -0.25) is 14.9 Å². The minimum Gasteiger partial charge on any atom is -0.366 e. The molecule has 3 heterocycles. The van der Waals surface area contributed by atoms with Gasteiger partial charge in [0, 0.05) is 41.3 Å². The normalized spacial score (nSPS) is 15.5.